The molecule has 0 aromatic carbocycles. The maximum Gasteiger partial charge on any atom is 0.234 e. The average Bonchev–Trinajstić information content (AvgIpc) is 2.82. The third kappa shape index (κ3) is 4.11. The van der Waals surface area contributed by atoms with Crippen LogP contribution in [-0.2, 0) is 11.2 Å². The summed E-state index contributed by atoms with van der Waals surface area (Å²) in [6, 6.07) is 4.15. The Morgan fingerprint density at radius 3 is 2.72 bits per heavy atom. The minimum atomic E-state index is 0.137. The molecule has 0 spiro atoms. The number of hydrogen-bond acceptors (Lipinski definition) is 3. The third-order valence-corrected chi connectivity index (χ3v) is 3.26. The zero-order chi connectivity index (χ0) is 12.8. The monoisotopic (exact) mass is 247 g/mol. The number of pyridine rings is 1. The van der Waals surface area contributed by atoms with E-state index >= 15 is 0 Å². The lowest BCUT2D eigenvalue weighted by atomic mass is 10.1. The fourth-order valence-corrected chi connectivity index (χ4v) is 2.39. The summed E-state index contributed by atoms with van der Waals surface area (Å²) in [7, 11) is 0. The van der Waals surface area contributed by atoms with Gasteiger partial charge in [0.25, 0.3) is 0 Å². The summed E-state index contributed by atoms with van der Waals surface area (Å²) < 4.78 is 0. The Bertz CT molecular complexity index is 374. The van der Waals surface area contributed by atoms with Gasteiger partial charge in [-0.15, -0.1) is 0 Å². The lowest BCUT2D eigenvalue weighted by Gasteiger charge is -2.18. The molecule has 4 nitrogen and oxygen atoms in total. The molecular weight excluding hydrogens is 226 g/mol. The van der Waals surface area contributed by atoms with Crippen molar-refractivity contribution < 1.29 is 4.79 Å². The van der Waals surface area contributed by atoms with Crippen LogP contribution in [0.2, 0.25) is 0 Å². The maximum atomic E-state index is 11.8. The van der Waals surface area contributed by atoms with E-state index in [4.69, 9.17) is 0 Å². The smallest absolute Gasteiger partial charge is 0.234 e. The van der Waals surface area contributed by atoms with Crippen LogP contribution in [0.5, 0.6) is 0 Å². The first kappa shape index (κ1) is 13.0. The summed E-state index contributed by atoms with van der Waals surface area (Å²) in [6.07, 6.45) is 6.87. The van der Waals surface area contributed by atoms with Gasteiger partial charge in [0, 0.05) is 18.4 Å². The lowest BCUT2D eigenvalue weighted by molar-refractivity contribution is -0.122. The van der Waals surface area contributed by atoms with Gasteiger partial charge in [0.15, 0.2) is 0 Å². The van der Waals surface area contributed by atoms with Gasteiger partial charge < -0.3 is 5.32 Å². The van der Waals surface area contributed by atoms with Crippen LogP contribution in [0, 0.1) is 0 Å². The summed E-state index contributed by atoms with van der Waals surface area (Å²) in [5, 5.41) is 3.05. The molecule has 1 N–H and O–H groups in total. The minimum absolute atomic E-state index is 0.137. The van der Waals surface area contributed by atoms with E-state index in [1.54, 1.807) is 12.4 Å². The molecule has 1 fully saturated rings. The van der Waals surface area contributed by atoms with Crippen molar-refractivity contribution in [3.8, 4) is 0 Å². The summed E-state index contributed by atoms with van der Waals surface area (Å²) >= 11 is 0. The van der Waals surface area contributed by atoms with E-state index in [9.17, 15) is 4.79 Å². The number of aromatic nitrogens is 1. The highest BCUT2D eigenvalue weighted by molar-refractivity contribution is 5.78. The van der Waals surface area contributed by atoms with Crippen LogP contribution in [-0.4, -0.2) is 41.5 Å². The molecular formula is C14H21N3O. The number of nitrogens with one attached hydrogen (secondary N) is 1. The topological polar surface area (TPSA) is 45.2 Å². The molecule has 18 heavy (non-hydrogen) atoms. The van der Waals surface area contributed by atoms with Gasteiger partial charge in [0.05, 0.1) is 6.54 Å². The van der Waals surface area contributed by atoms with Gasteiger partial charge in [-0.3, -0.25) is 14.7 Å². The highest BCUT2D eigenvalue weighted by atomic mass is 16.2. The van der Waals surface area contributed by atoms with Crippen LogP contribution in [0.15, 0.2) is 24.5 Å². The number of likely N-dealkylation sites (tertiary alicyclic amines) is 1. The van der Waals surface area contributed by atoms with Crippen molar-refractivity contribution >= 4 is 5.91 Å². The molecule has 1 amide bonds. The maximum absolute atomic E-state index is 11.8. The summed E-state index contributed by atoms with van der Waals surface area (Å²) in [4.78, 5) is 18.0. The van der Waals surface area contributed by atoms with Crippen molar-refractivity contribution in [2.45, 2.75) is 32.2 Å². The predicted octanol–water partition coefficient (Wildman–Crippen LogP) is 1.22. The van der Waals surface area contributed by atoms with E-state index in [-0.39, 0.29) is 11.9 Å². The van der Waals surface area contributed by atoms with Crippen LogP contribution < -0.4 is 5.32 Å². The van der Waals surface area contributed by atoms with Crippen LogP contribution in [0.4, 0.5) is 0 Å². The zero-order valence-corrected chi connectivity index (χ0v) is 10.9. The first-order valence-electron chi connectivity index (χ1n) is 6.64. The van der Waals surface area contributed by atoms with Gasteiger partial charge in [0.2, 0.25) is 5.91 Å². The van der Waals surface area contributed by atoms with E-state index in [2.05, 4.69) is 15.2 Å². The molecule has 1 aromatic rings. The Balaban J connectivity index is 1.73. The first-order chi connectivity index (χ1) is 8.74. The van der Waals surface area contributed by atoms with Crippen LogP contribution in [0.25, 0.3) is 0 Å². The Morgan fingerprint density at radius 1 is 1.39 bits per heavy atom. The number of nitrogens with zero attached hydrogens (tertiary/aromatic N) is 2. The van der Waals surface area contributed by atoms with E-state index in [0.29, 0.717) is 6.54 Å². The standard InChI is InChI=1S/C14H21N3O/c1-12(10-13-4-6-15-7-5-13)16-14(18)11-17-8-2-3-9-17/h4-7,12H,2-3,8-11H2,1H3,(H,16,18). The normalized spacial score (nSPS) is 17.6. The van der Waals surface area contributed by atoms with Crippen molar-refractivity contribution in [1.29, 1.82) is 0 Å². The van der Waals surface area contributed by atoms with E-state index in [1.165, 1.54) is 18.4 Å². The molecule has 1 aliphatic rings. The van der Waals surface area contributed by atoms with Gasteiger partial charge >= 0.3 is 0 Å². The number of hydrogen-bond donors (Lipinski definition) is 1. The van der Waals surface area contributed by atoms with Gasteiger partial charge in [0.1, 0.15) is 0 Å². The molecule has 4 heteroatoms. The molecule has 98 valence electrons. The second kappa shape index (κ2) is 6.50. The molecule has 1 atom stereocenters. The fraction of sp³-hybridized carbons (Fsp3) is 0.571. The summed E-state index contributed by atoms with van der Waals surface area (Å²) in [6.45, 7) is 4.71. The van der Waals surface area contributed by atoms with Crippen molar-refractivity contribution in [1.82, 2.24) is 15.2 Å². The highest BCUT2D eigenvalue weighted by Gasteiger charge is 2.16. The molecule has 1 aromatic heterocycles. The second-order valence-corrected chi connectivity index (χ2v) is 5.01. The average molecular weight is 247 g/mol. The third-order valence-electron chi connectivity index (χ3n) is 3.26. The van der Waals surface area contributed by atoms with Crippen LogP contribution in [0.3, 0.4) is 0 Å². The van der Waals surface area contributed by atoms with Crippen molar-refractivity contribution in [2.75, 3.05) is 19.6 Å². The van der Waals surface area contributed by atoms with Crippen LogP contribution in [0.1, 0.15) is 25.3 Å². The molecule has 1 unspecified atom stereocenters. The summed E-state index contributed by atoms with van der Waals surface area (Å²) in [5.74, 6) is 0.137. The Hall–Kier alpha value is -1.42. The molecule has 0 bridgehead atoms. The molecule has 1 saturated heterocycles. The van der Waals surface area contributed by atoms with Gasteiger partial charge in [-0.05, 0) is 57.0 Å². The Kier molecular flexibility index (Phi) is 4.70. The molecule has 2 rings (SSSR count). The summed E-state index contributed by atoms with van der Waals surface area (Å²) in [5.41, 5.74) is 1.21. The van der Waals surface area contributed by atoms with Gasteiger partial charge in [-0.25, -0.2) is 0 Å². The number of amides is 1. The fourth-order valence-electron chi connectivity index (χ4n) is 2.39. The Labute approximate surface area is 108 Å². The van der Waals surface area contributed by atoms with Crippen molar-refractivity contribution in [2.24, 2.45) is 0 Å². The van der Waals surface area contributed by atoms with Gasteiger partial charge in [-0.2, -0.15) is 0 Å². The van der Waals surface area contributed by atoms with Crippen molar-refractivity contribution in [3.63, 3.8) is 0 Å². The molecule has 0 aliphatic carbocycles. The molecule has 0 saturated carbocycles. The van der Waals surface area contributed by atoms with Crippen LogP contribution >= 0.6 is 0 Å². The number of carbonyl (C=O) groups excluding carboxylic acids is 1. The zero-order valence-electron chi connectivity index (χ0n) is 10.9. The second-order valence-electron chi connectivity index (χ2n) is 5.01. The predicted molar refractivity (Wildman–Crippen MR) is 71.2 cm³/mol. The molecule has 2 heterocycles. The van der Waals surface area contributed by atoms with E-state index in [1.807, 2.05) is 19.1 Å². The molecule has 1 aliphatic heterocycles. The number of carbonyl (C=O) groups is 1. The quantitative estimate of drug-likeness (QED) is 0.851. The highest BCUT2D eigenvalue weighted by Crippen LogP contribution is 2.06. The lowest BCUT2D eigenvalue weighted by Crippen LogP contribution is -2.40. The SMILES string of the molecule is CC(Cc1ccncc1)NC(=O)CN1CCCC1. The minimum Gasteiger partial charge on any atom is -0.352 e. The van der Waals surface area contributed by atoms with Crippen molar-refractivity contribution in [3.05, 3.63) is 30.1 Å². The number of rotatable bonds is 5. The van der Waals surface area contributed by atoms with E-state index < -0.39 is 0 Å². The molecule has 0 radical (unpaired) electrons. The first-order valence-corrected chi connectivity index (χ1v) is 6.64. The largest absolute Gasteiger partial charge is 0.352 e. The van der Waals surface area contributed by atoms with E-state index in [0.717, 1.165) is 19.5 Å². The van der Waals surface area contributed by atoms with Gasteiger partial charge in [-0.1, -0.05) is 0 Å². The Morgan fingerprint density at radius 2 is 2.06 bits per heavy atom.